The molecule has 1 N–H and O–H groups in total. The van der Waals surface area contributed by atoms with Crippen LogP contribution in [0, 0.1) is 0 Å². The summed E-state index contributed by atoms with van der Waals surface area (Å²) in [6.45, 7) is 2.37. The van der Waals surface area contributed by atoms with E-state index < -0.39 is 5.97 Å². The van der Waals surface area contributed by atoms with Crippen LogP contribution in [0.15, 0.2) is 10.6 Å². The molecule has 0 saturated carbocycles. The molecule has 2 heterocycles. The van der Waals surface area contributed by atoms with Gasteiger partial charge in [-0.2, -0.15) is 0 Å². The molecule has 0 aliphatic rings. The summed E-state index contributed by atoms with van der Waals surface area (Å²) in [6, 6.07) is 0. The number of thiazole rings is 1. The Labute approximate surface area is 118 Å². The van der Waals surface area contributed by atoms with Gasteiger partial charge >= 0.3 is 5.97 Å². The Kier molecular flexibility index (Phi) is 4.39. The Bertz CT molecular complexity index is 582. The highest BCUT2D eigenvalue weighted by atomic mass is 35.5. The molecule has 2 aromatic rings. The molecule has 0 radical (unpaired) electrons. The van der Waals surface area contributed by atoms with Crippen LogP contribution in [-0.4, -0.2) is 23.0 Å². The summed E-state index contributed by atoms with van der Waals surface area (Å²) < 4.78 is 10.0. The molecule has 102 valence electrons. The molecule has 6 nitrogen and oxygen atoms in total. The summed E-state index contributed by atoms with van der Waals surface area (Å²) in [7, 11) is 1.30. The normalized spacial score (nSPS) is 10.5. The lowest BCUT2D eigenvalue weighted by Gasteiger charge is -1.97. The molecule has 2 aromatic heterocycles. The summed E-state index contributed by atoms with van der Waals surface area (Å²) in [5, 5.41) is 3.64. The third-order valence-electron chi connectivity index (χ3n) is 2.30. The molecule has 0 fully saturated rings. The minimum Gasteiger partial charge on any atom is -0.465 e. The Morgan fingerprint density at radius 1 is 1.63 bits per heavy atom. The van der Waals surface area contributed by atoms with Gasteiger partial charge in [-0.15, -0.1) is 0 Å². The topological polar surface area (TPSA) is 77.2 Å². The Morgan fingerprint density at radius 3 is 3.05 bits per heavy atom. The van der Waals surface area contributed by atoms with E-state index in [4.69, 9.17) is 16.0 Å². The zero-order valence-corrected chi connectivity index (χ0v) is 12.0. The molecule has 0 spiro atoms. The van der Waals surface area contributed by atoms with Gasteiger partial charge in [0.25, 0.3) is 0 Å². The predicted molar refractivity (Wildman–Crippen MR) is 71.7 cm³/mol. The monoisotopic (exact) mass is 301 g/mol. The molecule has 8 heteroatoms. The van der Waals surface area contributed by atoms with Gasteiger partial charge in [0.05, 0.1) is 19.9 Å². The quantitative estimate of drug-likeness (QED) is 0.856. The average Bonchev–Trinajstić information content (AvgIpc) is 3.01. The van der Waals surface area contributed by atoms with Crippen molar-refractivity contribution >= 4 is 34.0 Å². The van der Waals surface area contributed by atoms with Crippen molar-refractivity contribution in [3.8, 4) is 0 Å². The van der Waals surface area contributed by atoms with Gasteiger partial charge in [-0.05, 0) is 0 Å². The van der Waals surface area contributed by atoms with Crippen LogP contribution in [0.5, 0.6) is 0 Å². The maximum absolute atomic E-state index is 11.4. The van der Waals surface area contributed by atoms with E-state index in [0.717, 1.165) is 23.5 Å². The van der Waals surface area contributed by atoms with Crippen LogP contribution in [0.1, 0.15) is 28.2 Å². The molecular weight excluding hydrogens is 290 g/mol. The molecular formula is C11H12ClN3O3S. The second kappa shape index (κ2) is 6.03. The largest absolute Gasteiger partial charge is 0.465 e. The number of carbonyl (C=O) groups is 1. The van der Waals surface area contributed by atoms with Crippen molar-refractivity contribution in [1.29, 1.82) is 0 Å². The van der Waals surface area contributed by atoms with Crippen LogP contribution < -0.4 is 5.32 Å². The molecule has 0 amide bonds. The lowest BCUT2D eigenvalue weighted by atomic mass is 10.4. The Morgan fingerprint density at radius 2 is 2.42 bits per heavy atom. The van der Waals surface area contributed by atoms with E-state index in [1.807, 2.05) is 6.92 Å². The van der Waals surface area contributed by atoms with E-state index in [1.165, 1.54) is 7.11 Å². The number of hydrogen-bond donors (Lipinski definition) is 1. The van der Waals surface area contributed by atoms with Crippen LogP contribution in [0.25, 0.3) is 0 Å². The number of oxazole rings is 1. The van der Waals surface area contributed by atoms with Gasteiger partial charge in [-0.25, -0.2) is 14.8 Å². The number of anilines is 1. The molecule has 0 bridgehead atoms. The second-order valence-corrected chi connectivity index (χ2v) is 4.92. The molecule has 0 atom stereocenters. The predicted octanol–water partition coefficient (Wildman–Crippen LogP) is 2.75. The van der Waals surface area contributed by atoms with Gasteiger partial charge < -0.3 is 14.5 Å². The van der Waals surface area contributed by atoms with E-state index in [-0.39, 0.29) is 10.0 Å². The number of halogens is 1. The smallest absolute Gasteiger partial charge is 0.351 e. The SMILES string of the molecule is CCc1cnc(CNc2nc(Cl)c(C(=O)OC)s2)o1. The fourth-order valence-corrected chi connectivity index (χ4v) is 2.44. The summed E-state index contributed by atoms with van der Waals surface area (Å²) in [5.74, 6) is 0.881. The van der Waals surface area contributed by atoms with Crippen molar-refractivity contribution in [1.82, 2.24) is 9.97 Å². The van der Waals surface area contributed by atoms with Crippen molar-refractivity contribution in [2.45, 2.75) is 19.9 Å². The van der Waals surface area contributed by atoms with Gasteiger partial charge in [0.1, 0.15) is 5.76 Å². The lowest BCUT2D eigenvalue weighted by Crippen LogP contribution is -1.98. The molecule has 2 rings (SSSR count). The standard InChI is InChI=1S/C11H12ClN3O3S/c1-3-6-4-13-7(18-6)5-14-11-15-9(12)8(19-11)10(16)17-2/h4H,3,5H2,1-2H3,(H,14,15). The number of aryl methyl sites for hydroxylation is 1. The summed E-state index contributed by atoms with van der Waals surface area (Å²) in [4.78, 5) is 19.8. The van der Waals surface area contributed by atoms with E-state index in [0.29, 0.717) is 17.6 Å². The number of aromatic nitrogens is 2. The maximum Gasteiger partial charge on any atom is 0.351 e. The summed E-state index contributed by atoms with van der Waals surface area (Å²) >= 11 is 6.97. The molecule has 0 aliphatic heterocycles. The van der Waals surface area contributed by atoms with Gasteiger partial charge in [0.2, 0.25) is 5.89 Å². The first-order valence-electron chi connectivity index (χ1n) is 5.56. The highest BCUT2D eigenvalue weighted by Gasteiger charge is 2.17. The van der Waals surface area contributed by atoms with E-state index in [9.17, 15) is 4.79 Å². The second-order valence-electron chi connectivity index (χ2n) is 3.56. The zero-order chi connectivity index (χ0) is 13.8. The molecule has 19 heavy (non-hydrogen) atoms. The van der Waals surface area contributed by atoms with Gasteiger partial charge in [0, 0.05) is 6.42 Å². The number of esters is 1. The van der Waals surface area contributed by atoms with Crippen LogP contribution >= 0.6 is 22.9 Å². The highest BCUT2D eigenvalue weighted by molar-refractivity contribution is 7.18. The number of carbonyl (C=O) groups excluding carboxylic acids is 1. The minimum absolute atomic E-state index is 0.126. The first-order chi connectivity index (χ1) is 9.13. The van der Waals surface area contributed by atoms with E-state index >= 15 is 0 Å². The number of nitrogens with zero attached hydrogens (tertiary/aromatic N) is 2. The zero-order valence-electron chi connectivity index (χ0n) is 10.4. The number of rotatable bonds is 5. The van der Waals surface area contributed by atoms with Crippen molar-refractivity contribution in [2.24, 2.45) is 0 Å². The highest BCUT2D eigenvalue weighted by Crippen LogP contribution is 2.27. The van der Waals surface area contributed by atoms with Gasteiger partial charge in [0.15, 0.2) is 15.2 Å². The Balaban J connectivity index is 2.01. The fraction of sp³-hybridized carbons (Fsp3) is 0.364. The molecule has 0 unspecified atom stereocenters. The van der Waals surface area contributed by atoms with Crippen LogP contribution in [0.4, 0.5) is 5.13 Å². The molecule has 0 saturated heterocycles. The average molecular weight is 302 g/mol. The van der Waals surface area contributed by atoms with Gasteiger partial charge in [-0.1, -0.05) is 29.9 Å². The number of ether oxygens (including phenoxy) is 1. The maximum atomic E-state index is 11.4. The first kappa shape index (κ1) is 13.8. The van der Waals surface area contributed by atoms with Crippen LogP contribution in [0.3, 0.4) is 0 Å². The molecule has 0 aromatic carbocycles. The van der Waals surface area contributed by atoms with Crippen molar-refractivity contribution < 1.29 is 13.9 Å². The number of hydrogen-bond acceptors (Lipinski definition) is 7. The van der Waals surface area contributed by atoms with Crippen LogP contribution in [0.2, 0.25) is 5.15 Å². The lowest BCUT2D eigenvalue weighted by molar-refractivity contribution is 0.0606. The third-order valence-corrected chi connectivity index (χ3v) is 3.68. The van der Waals surface area contributed by atoms with Crippen LogP contribution in [-0.2, 0) is 17.7 Å². The van der Waals surface area contributed by atoms with Crippen molar-refractivity contribution in [3.63, 3.8) is 0 Å². The fourth-order valence-electron chi connectivity index (χ4n) is 1.34. The summed E-state index contributed by atoms with van der Waals surface area (Å²) in [6.07, 6.45) is 2.48. The number of methoxy groups -OCH3 is 1. The minimum atomic E-state index is -0.500. The first-order valence-corrected chi connectivity index (χ1v) is 6.75. The van der Waals surface area contributed by atoms with E-state index in [1.54, 1.807) is 6.20 Å². The third kappa shape index (κ3) is 3.24. The Hall–Kier alpha value is -1.60. The molecule has 0 aliphatic carbocycles. The van der Waals surface area contributed by atoms with Crippen molar-refractivity contribution in [2.75, 3.05) is 12.4 Å². The van der Waals surface area contributed by atoms with Crippen molar-refractivity contribution in [3.05, 3.63) is 27.9 Å². The van der Waals surface area contributed by atoms with Gasteiger partial charge in [-0.3, -0.25) is 0 Å². The van der Waals surface area contributed by atoms with E-state index in [2.05, 4.69) is 20.0 Å². The summed E-state index contributed by atoms with van der Waals surface area (Å²) in [5.41, 5.74) is 0. The number of nitrogens with one attached hydrogen (secondary N) is 1.